The van der Waals surface area contributed by atoms with Gasteiger partial charge in [-0.05, 0) is 94.7 Å². The first-order valence-electron chi connectivity index (χ1n) is 13.0. The molecule has 230 valence electrons. The molecule has 0 atom stereocenters. The molecule has 3 aromatic rings. The molecule has 0 unspecified atom stereocenters. The van der Waals surface area contributed by atoms with Gasteiger partial charge < -0.3 is 4.90 Å². The highest BCUT2D eigenvalue weighted by Gasteiger charge is 2.28. The van der Waals surface area contributed by atoms with Crippen molar-refractivity contribution in [3.8, 4) is 5.69 Å². The molecular formula is C28H33N5O8S2. The number of benzene rings is 2. The van der Waals surface area contributed by atoms with Crippen LogP contribution in [0.2, 0.25) is 0 Å². The maximum atomic E-state index is 12.9. The molecule has 4 rings (SSSR count). The predicted molar refractivity (Wildman–Crippen MR) is 164 cm³/mol. The zero-order chi connectivity index (χ0) is 32.1. The van der Waals surface area contributed by atoms with Crippen molar-refractivity contribution >= 4 is 43.6 Å². The number of H-pyrrole nitrogens is 1. The zero-order valence-electron chi connectivity index (χ0n) is 24.2. The fourth-order valence-electron chi connectivity index (χ4n) is 3.81. The van der Waals surface area contributed by atoms with Gasteiger partial charge in [-0.3, -0.25) is 23.8 Å². The average molecular weight is 632 g/mol. The Morgan fingerprint density at radius 3 is 1.79 bits per heavy atom. The first-order chi connectivity index (χ1) is 20.1. The number of hydrogen-bond acceptors (Lipinski definition) is 8. The molecule has 0 spiro atoms. The molecule has 0 bridgehead atoms. The van der Waals surface area contributed by atoms with E-state index in [1.54, 1.807) is 13.8 Å². The number of nitrogens with one attached hydrogen (secondary N) is 1. The Kier molecular flexibility index (Phi) is 10.4. The Balaban J connectivity index is 0.000000765. The summed E-state index contributed by atoms with van der Waals surface area (Å²) in [7, 11) is -6.62. The second kappa shape index (κ2) is 13.4. The minimum atomic E-state index is -4.37. The number of hydrazone groups is 1. The van der Waals surface area contributed by atoms with Crippen molar-refractivity contribution in [2.75, 3.05) is 25.1 Å². The molecule has 43 heavy (non-hydrogen) atoms. The van der Waals surface area contributed by atoms with Crippen LogP contribution in [-0.2, 0) is 25.0 Å². The molecule has 0 aliphatic carbocycles. The molecule has 1 aromatic heterocycles. The van der Waals surface area contributed by atoms with Crippen LogP contribution in [-0.4, -0.2) is 72.4 Å². The number of aryl methyl sites for hydroxylation is 1. The zero-order valence-corrected chi connectivity index (χ0v) is 25.8. The molecule has 0 fully saturated rings. The van der Waals surface area contributed by atoms with Crippen molar-refractivity contribution in [2.24, 2.45) is 5.10 Å². The van der Waals surface area contributed by atoms with Crippen molar-refractivity contribution in [3.63, 3.8) is 0 Å². The standard InChI is InChI=1S/C23H20N4O8S2.C5H13N/c1-14-20(22(28)26(24-14)16-6-10-18(11-7-16)36(30,31)32)4-3-5-21-15(2)25-27(23(21)29)17-8-12-19(13-9-17)37(33,34)35;1-4-6(3)5-2/h3-13,24H,1-2H3,(H,30,31,32)(H,33,34,35);4-5H2,1-3H3/b4-3+,21-5?;. The van der Waals surface area contributed by atoms with Crippen LogP contribution in [0.3, 0.4) is 0 Å². The van der Waals surface area contributed by atoms with E-state index in [1.807, 2.05) is 0 Å². The summed E-state index contributed by atoms with van der Waals surface area (Å²) in [5.74, 6) is -0.469. The first kappa shape index (κ1) is 33.4. The van der Waals surface area contributed by atoms with Gasteiger partial charge in [-0.15, -0.1) is 0 Å². The number of carbonyl (C=O) groups excluding carboxylic acids is 1. The third-order valence-corrected chi connectivity index (χ3v) is 8.29. The van der Waals surface area contributed by atoms with Gasteiger partial charge in [-0.2, -0.15) is 26.9 Å². The van der Waals surface area contributed by atoms with E-state index in [1.165, 1.54) is 59.3 Å². The third-order valence-electron chi connectivity index (χ3n) is 6.56. The van der Waals surface area contributed by atoms with Gasteiger partial charge in [0.1, 0.15) is 0 Å². The summed E-state index contributed by atoms with van der Waals surface area (Å²) >= 11 is 0. The van der Waals surface area contributed by atoms with Crippen molar-refractivity contribution in [3.05, 3.63) is 87.9 Å². The topological polar surface area (TPSA) is 182 Å². The normalized spacial score (nSPS) is 14.9. The summed E-state index contributed by atoms with van der Waals surface area (Å²) in [5.41, 5.74) is 1.70. The van der Waals surface area contributed by atoms with Crippen LogP contribution in [0.1, 0.15) is 32.0 Å². The van der Waals surface area contributed by atoms with Crippen LogP contribution in [0.25, 0.3) is 11.8 Å². The maximum Gasteiger partial charge on any atom is 0.294 e. The van der Waals surface area contributed by atoms with Crippen LogP contribution in [0.15, 0.2) is 85.9 Å². The molecule has 13 nitrogen and oxygen atoms in total. The van der Waals surface area contributed by atoms with Gasteiger partial charge in [0.05, 0.1) is 38.0 Å². The third kappa shape index (κ3) is 8.03. The second-order valence-electron chi connectivity index (χ2n) is 9.46. The Labute approximate surface area is 249 Å². The minimum Gasteiger partial charge on any atom is -0.307 e. The van der Waals surface area contributed by atoms with Gasteiger partial charge in [0.25, 0.3) is 31.7 Å². The van der Waals surface area contributed by atoms with Crippen molar-refractivity contribution in [1.29, 1.82) is 0 Å². The smallest absolute Gasteiger partial charge is 0.294 e. The number of amides is 1. The number of carbonyl (C=O) groups is 1. The molecule has 0 saturated heterocycles. The van der Waals surface area contributed by atoms with E-state index >= 15 is 0 Å². The highest BCUT2D eigenvalue weighted by molar-refractivity contribution is 7.86. The lowest BCUT2D eigenvalue weighted by atomic mass is 10.1. The summed E-state index contributed by atoms with van der Waals surface area (Å²) < 4.78 is 64.3. The quantitative estimate of drug-likeness (QED) is 0.248. The van der Waals surface area contributed by atoms with E-state index in [4.69, 9.17) is 9.11 Å². The van der Waals surface area contributed by atoms with Gasteiger partial charge >= 0.3 is 0 Å². The number of hydrogen-bond donors (Lipinski definition) is 3. The number of anilines is 1. The molecule has 3 N–H and O–H groups in total. The lowest BCUT2D eigenvalue weighted by molar-refractivity contribution is -0.114. The highest BCUT2D eigenvalue weighted by Crippen LogP contribution is 2.25. The maximum absolute atomic E-state index is 12.9. The molecule has 2 aromatic carbocycles. The summed E-state index contributed by atoms with van der Waals surface area (Å²) in [6.07, 6.45) is 4.51. The van der Waals surface area contributed by atoms with E-state index in [9.17, 15) is 26.4 Å². The lowest BCUT2D eigenvalue weighted by Gasteiger charge is -2.11. The van der Waals surface area contributed by atoms with Crippen LogP contribution >= 0.6 is 0 Å². The van der Waals surface area contributed by atoms with Crippen molar-refractivity contribution in [2.45, 2.75) is 37.5 Å². The van der Waals surface area contributed by atoms with Crippen LogP contribution in [0, 0.1) is 6.92 Å². The van der Waals surface area contributed by atoms with Gasteiger partial charge in [0.2, 0.25) is 0 Å². The largest absolute Gasteiger partial charge is 0.307 e. The lowest BCUT2D eigenvalue weighted by Crippen LogP contribution is -2.21. The van der Waals surface area contributed by atoms with E-state index < -0.39 is 31.7 Å². The number of aromatic nitrogens is 2. The molecule has 1 amide bonds. The monoisotopic (exact) mass is 631 g/mol. The Hall–Kier alpha value is -4.15. The SMILES string of the molecule is CC1=NN(c2ccc(S(=O)(=O)O)cc2)C(=O)C1=C/C=C/c1c(C)[nH]n(-c2ccc(S(=O)(=O)O)cc2)c1=O.CCN(C)CC. The van der Waals surface area contributed by atoms with Gasteiger partial charge in [0.15, 0.2) is 0 Å². The van der Waals surface area contributed by atoms with E-state index in [0.717, 1.165) is 30.2 Å². The van der Waals surface area contributed by atoms with Gasteiger partial charge in [-0.1, -0.05) is 19.9 Å². The number of rotatable bonds is 8. The Morgan fingerprint density at radius 1 is 0.860 bits per heavy atom. The van der Waals surface area contributed by atoms with Crippen LogP contribution < -0.4 is 10.6 Å². The predicted octanol–water partition coefficient (Wildman–Crippen LogP) is 3.29. The van der Waals surface area contributed by atoms with Crippen molar-refractivity contribution < 1.29 is 30.7 Å². The summed E-state index contributed by atoms with van der Waals surface area (Å²) in [6.45, 7) is 9.93. The highest BCUT2D eigenvalue weighted by atomic mass is 32.2. The molecule has 15 heteroatoms. The molecule has 1 aliphatic rings. The summed E-state index contributed by atoms with van der Waals surface area (Å²) in [5, 5.41) is 8.17. The fraction of sp³-hybridized carbons (Fsp3) is 0.250. The molecule has 2 heterocycles. The van der Waals surface area contributed by atoms with Crippen molar-refractivity contribution in [1.82, 2.24) is 14.7 Å². The van der Waals surface area contributed by atoms with Crippen LogP contribution in [0.4, 0.5) is 5.69 Å². The van der Waals surface area contributed by atoms with Crippen LogP contribution in [0.5, 0.6) is 0 Å². The fourth-order valence-corrected chi connectivity index (χ4v) is 4.77. The number of allylic oxidation sites excluding steroid dienone is 2. The van der Waals surface area contributed by atoms with E-state index in [2.05, 4.69) is 36.0 Å². The van der Waals surface area contributed by atoms with E-state index in [-0.39, 0.29) is 15.4 Å². The first-order valence-corrected chi connectivity index (χ1v) is 15.9. The minimum absolute atomic E-state index is 0.254. The number of aromatic amines is 1. The van der Waals surface area contributed by atoms with Gasteiger partial charge in [0, 0.05) is 5.69 Å². The summed E-state index contributed by atoms with van der Waals surface area (Å²) in [4.78, 5) is 27.4. The van der Waals surface area contributed by atoms with E-state index in [0.29, 0.717) is 28.3 Å². The molecule has 0 radical (unpaired) electrons. The molecule has 1 aliphatic heterocycles. The molecule has 0 saturated carbocycles. The van der Waals surface area contributed by atoms with Gasteiger partial charge in [-0.25, -0.2) is 4.68 Å². The Morgan fingerprint density at radius 2 is 1.35 bits per heavy atom. The Bertz CT molecular complexity index is 1850. The number of nitrogens with zero attached hydrogens (tertiary/aromatic N) is 4. The summed E-state index contributed by atoms with van der Waals surface area (Å²) in [6, 6.07) is 10.1. The molecular weight excluding hydrogens is 598 g/mol. The second-order valence-corrected chi connectivity index (χ2v) is 12.3. The average Bonchev–Trinajstić information content (AvgIpc) is 3.41.